The lowest BCUT2D eigenvalue weighted by molar-refractivity contribution is 0.102. The van der Waals surface area contributed by atoms with Crippen LogP contribution in [0.3, 0.4) is 0 Å². The van der Waals surface area contributed by atoms with Gasteiger partial charge >= 0.3 is 6.03 Å². The average Bonchev–Trinajstić information content (AvgIpc) is 3.17. The number of nitrogens with one attached hydrogen (secondary N) is 3. The second-order valence-corrected chi connectivity index (χ2v) is 6.66. The van der Waals surface area contributed by atoms with Crippen LogP contribution in [0.4, 0.5) is 16.2 Å². The summed E-state index contributed by atoms with van der Waals surface area (Å²) in [5.74, 6) is -0.212. The molecule has 0 aliphatic rings. The highest BCUT2D eigenvalue weighted by Crippen LogP contribution is 2.17. The number of hydrogen-bond donors (Lipinski definition) is 3. The molecule has 0 spiro atoms. The summed E-state index contributed by atoms with van der Waals surface area (Å²) in [6.07, 6.45) is 3.90. The molecule has 0 unspecified atom stereocenters. The first-order valence-corrected chi connectivity index (χ1v) is 9.76. The number of rotatable bonds is 8. The Bertz CT molecular complexity index is 1010. The van der Waals surface area contributed by atoms with Gasteiger partial charge < -0.3 is 16.0 Å². The van der Waals surface area contributed by atoms with Crippen LogP contribution in [-0.2, 0) is 13.0 Å². The van der Waals surface area contributed by atoms with Crippen molar-refractivity contribution in [3.05, 3.63) is 90.3 Å². The Labute approximate surface area is 175 Å². The van der Waals surface area contributed by atoms with Crippen molar-refractivity contribution in [1.29, 1.82) is 0 Å². The van der Waals surface area contributed by atoms with Gasteiger partial charge in [-0.25, -0.2) is 4.79 Å². The molecule has 3 N–H and O–H groups in total. The number of carbonyl (C=O) groups is 2. The van der Waals surface area contributed by atoms with Crippen LogP contribution in [0.5, 0.6) is 0 Å². The summed E-state index contributed by atoms with van der Waals surface area (Å²) < 4.78 is 1.86. The van der Waals surface area contributed by atoms with Gasteiger partial charge in [0.25, 0.3) is 5.91 Å². The van der Waals surface area contributed by atoms with Crippen molar-refractivity contribution < 1.29 is 9.59 Å². The zero-order valence-electron chi connectivity index (χ0n) is 16.9. The van der Waals surface area contributed by atoms with Crippen LogP contribution in [0.15, 0.2) is 73.4 Å². The second-order valence-electron chi connectivity index (χ2n) is 6.66. The van der Waals surface area contributed by atoms with Gasteiger partial charge in [0.15, 0.2) is 0 Å². The maximum absolute atomic E-state index is 12.8. The molecule has 0 radical (unpaired) electrons. The lowest BCUT2D eigenvalue weighted by atomic mass is 10.1. The Morgan fingerprint density at radius 1 is 1.03 bits per heavy atom. The molecule has 7 nitrogen and oxygen atoms in total. The van der Waals surface area contributed by atoms with Gasteiger partial charge in [-0.3, -0.25) is 9.48 Å². The van der Waals surface area contributed by atoms with E-state index in [1.807, 2.05) is 41.9 Å². The molecule has 3 rings (SSSR count). The summed E-state index contributed by atoms with van der Waals surface area (Å²) in [5, 5.41) is 12.6. The molecule has 1 aromatic heterocycles. The third-order valence-corrected chi connectivity index (χ3v) is 4.51. The number of carbonyl (C=O) groups excluding carboxylic acids is 2. The normalized spacial score (nSPS) is 10.3. The second kappa shape index (κ2) is 10.1. The minimum Gasteiger partial charge on any atom is -0.334 e. The minimum absolute atomic E-state index is 0.212. The molecular formula is C23H25N5O2. The number of amides is 3. The average molecular weight is 403 g/mol. The van der Waals surface area contributed by atoms with E-state index in [4.69, 9.17) is 0 Å². The molecule has 0 saturated carbocycles. The van der Waals surface area contributed by atoms with Crippen LogP contribution >= 0.6 is 0 Å². The summed E-state index contributed by atoms with van der Waals surface area (Å²) in [6, 6.07) is 16.6. The Balaban J connectivity index is 1.65. The third-order valence-electron chi connectivity index (χ3n) is 4.51. The van der Waals surface area contributed by atoms with Crippen molar-refractivity contribution in [3.8, 4) is 0 Å². The monoisotopic (exact) mass is 403 g/mol. The lowest BCUT2D eigenvalue weighted by Crippen LogP contribution is -2.28. The molecule has 7 heteroatoms. The van der Waals surface area contributed by atoms with Crippen LogP contribution in [0.1, 0.15) is 28.5 Å². The van der Waals surface area contributed by atoms with Crippen LogP contribution in [0.25, 0.3) is 0 Å². The van der Waals surface area contributed by atoms with Crippen molar-refractivity contribution in [2.75, 3.05) is 17.2 Å². The first-order chi connectivity index (χ1) is 14.6. The van der Waals surface area contributed by atoms with E-state index >= 15 is 0 Å². The molecule has 30 heavy (non-hydrogen) atoms. The number of anilines is 2. The standard InChI is InChI=1S/C23H25N5O2/c1-3-14-24-23(30)27-19-12-10-18(11-13-19)26-22(29)20-15-25-28(21(20)4-2)16-17-8-6-5-7-9-17/h3,5-13,15H,1,4,14,16H2,2H3,(H,26,29)(H2,24,27,30). The maximum atomic E-state index is 12.8. The van der Waals surface area contributed by atoms with Crippen molar-refractivity contribution >= 4 is 23.3 Å². The molecule has 0 aliphatic heterocycles. The Morgan fingerprint density at radius 3 is 2.33 bits per heavy atom. The fourth-order valence-corrected chi connectivity index (χ4v) is 3.04. The van der Waals surface area contributed by atoms with Gasteiger partial charge in [-0.1, -0.05) is 43.3 Å². The lowest BCUT2D eigenvalue weighted by Gasteiger charge is -2.10. The van der Waals surface area contributed by atoms with Gasteiger partial charge in [0.05, 0.1) is 24.0 Å². The molecule has 0 saturated heterocycles. The highest BCUT2D eigenvalue weighted by Gasteiger charge is 2.16. The smallest absolute Gasteiger partial charge is 0.319 e. The maximum Gasteiger partial charge on any atom is 0.319 e. The fraction of sp³-hybridized carbons (Fsp3) is 0.174. The van der Waals surface area contributed by atoms with E-state index in [1.165, 1.54) is 0 Å². The third kappa shape index (κ3) is 5.35. The van der Waals surface area contributed by atoms with Gasteiger partial charge in [-0.15, -0.1) is 6.58 Å². The van der Waals surface area contributed by atoms with Crippen molar-refractivity contribution in [2.24, 2.45) is 0 Å². The van der Waals surface area contributed by atoms with Gasteiger partial charge in [-0.05, 0) is 36.2 Å². The van der Waals surface area contributed by atoms with E-state index in [-0.39, 0.29) is 11.9 Å². The topological polar surface area (TPSA) is 88.1 Å². The van der Waals surface area contributed by atoms with Crippen LogP contribution in [0, 0.1) is 0 Å². The molecule has 3 amide bonds. The van der Waals surface area contributed by atoms with Gasteiger partial charge in [-0.2, -0.15) is 5.10 Å². The van der Waals surface area contributed by atoms with Gasteiger partial charge in [0, 0.05) is 17.9 Å². The Hall–Kier alpha value is -3.87. The molecular weight excluding hydrogens is 378 g/mol. The summed E-state index contributed by atoms with van der Waals surface area (Å²) in [7, 11) is 0. The van der Waals surface area contributed by atoms with Crippen LogP contribution in [-0.4, -0.2) is 28.3 Å². The first kappa shape index (κ1) is 20.9. The predicted octanol–water partition coefficient (Wildman–Crippen LogP) is 4.05. The molecule has 0 bridgehead atoms. The van der Waals surface area contributed by atoms with E-state index in [1.54, 1.807) is 36.5 Å². The van der Waals surface area contributed by atoms with Crippen LogP contribution in [0.2, 0.25) is 0 Å². The van der Waals surface area contributed by atoms with E-state index in [2.05, 4.69) is 27.6 Å². The van der Waals surface area contributed by atoms with E-state index < -0.39 is 0 Å². The minimum atomic E-state index is -0.315. The highest BCUT2D eigenvalue weighted by atomic mass is 16.2. The molecule has 0 aliphatic carbocycles. The fourth-order valence-electron chi connectivity index (χ4n) is 3.04. The first-order valence-electron chi connectivity index (χ1n) is 9.76. The number of benzene rings is 2. The molecule has 1 heterocycles. The molecule has 0 atom stereocenters. The number of aromatic nitrogens is 2. The highest BCUT2D eigenvalue weighted by molar-refractivity contribution is 6.05. The molecule has 154 valence electrons. The number of hydrogen-bond acceptors (Lipinski definition) is 3. The predicted molar refractivity (Wildman–Crippen MR) is 119 cm³/mol. The van der Waals surface area contributed by atoms with Crippen LogP contribution < -0.4 is 16.0 Å². The molecule has 2 aromatic carbocycles. The zero-order valence-corrected chi connectivity index (χ0v) is 16.9. The number of urea groups is 1. The van der Waals surface area contributed by atoms with E-state index in [9.17, 15) is 9.59 Å². The van der Waals surface area contributed by atoms with Gasteiger partial charge in [0.1, 0.15) is 0 Å². The van der Waals surface area contributed by atoms with Crippen molar-refractivity contribution in [3.63, 3.8) is 0 Å². The summed E-state index contributed by atoms with van der Waals surface area (Å²) in [6.45, 7) is 6.56. The summed E-state index contributed by atoms with van der Waals surface area (Å²) >= 11 is 0. The Kier molecular flexibility index (Phi) is 7.00. The molecule has 3 aromatic rings. The number of nitrogens with zero attached hydrogens (tertiary/aromatic N) is 2. The summed E-state index contributed by atoms with van der Waals surface area (Å²) in [5.41, 5.74) is 3.82. The molecule has 0 fully saturated rings. The van der Waals surface area contributed by atoms with E-state index in [0.717, 1.165) is 11.3 Å². The van der Waals surface area contributed by atoms with E-state index in [0.29, 0.717) is 36.4 Å². The summed E-state index contributed by atoms with van der Waals surface area (Å²) in [4.78, 5) is 24.5. The Morgan fingerprint density at radius 2 is 1.70 bits per heavy atom. The SMILES string of the molecule is C=CCNC(=O)Nc1ccc(NC(=O)c2cnn(Cc3ccccc3)c2CC)cc1. The largest absolute Gasteiger partial charge is 0.334 e. The zero-order chi connectivity index (χ0) is 21.3. The van der Waals surface area contributed by atoms with Crippen molar-refractivity contribution in [1.82, 2.24) is 15.1 Å². The van der Waals surface area contributed by atoms with Gasteiger partial charge in [0.2, 0.25) is 0 Å². The van der Waals surface area contributed by atoms with Crippen molar-refractivity contribution in [2.45, 2.75) is 19.9 Å². The quantitative estimate of drug-likeness (QED) is 0.496.